The molecule has 0 saturated heterocycles. The van der Waals surface area contributed by atoms with E-state index in [1.54, 1.807) is 7.05 Å². The smallest absolute Gasteiger partial charge is 0.356 e. The van der Waals surface area contributed by atoms with Gasteiger partial charge >= 0.3 is 11.9 Å². The van der Waals surface area contributed by atoms with Crippen molar-refractivity contribution in [3.05, 3.63) is 18.1 Å². The standard InChI is InChI=1S/C9H11N3O4/c1-5(8(13)14)12(2)7-4-10-6(3-11-7)9(15)16/h3-5H,1-2H3,(H,13,14)(H,15,16). The van der Waals surface area contributed by atoms with Crippen molar-refractivity contribution in [2.45, 2.75) is 13.0 Å². The van der Waals surface area contributed by atoms with E-state index < -0.39 is 18.0 Å². The molecule has 0 aliphatic rings. The van der Waals surface area contributed by atoms with Crippen LogP contribution in [0.1, 0.15) is 17.4 Å². The highest BCUT2D eigenvalue weighted by Crippen LogP contribution is 2.10. The second-order valence-corrected chi connectivity index (χ2v) is 3.19. The van der Waals surface area contributed by atoms with Crippen molar-refractivity contribution in [2.75, 3.05) is 11.9 Å². The predicted octanol–water partition coefficient (Wildman–Crippen LogP) is 0.0841. The van der Waals surface area contributed by atoms with Gasteiger partial charge in [-0.15, -0.1) is 0 Å². The van der Waals surface area contributed by atoms with Crippen LogP contribution >= 0.6 is 0 Å². The van der Waals surface area contributed by atoms with Gasteiger partial charge in [0, 0.05) is 7.05 Å². The van der Waals surface area contributed by atoms with Crippen LogP contribution in [0.3, 0.4) is 0 Å². The Morgan fingerprint density at radius 1 is 1.31 bits per heavy atom. The van der Waals surface area contributed by atoms with Gasteiger partial charge < -0.3 is 15.1 Å². The zero-order chi connectivity index (χ0) is 12.3. The van der Waals surface area contributed by atoms with E-state index in [1.807, 2.05) is 0 Å². The fourth-order valence-electron chi connectivity index (χ4n) is 0.978. The maximum absolute atomic E-state index is 10.7. The van der Waals surface area contributed by atoms with Gasteiger partial charge in [-0.1, -0.05) is 0 Å². The molecule has 0 saturated carbocycles. The highest BCUT2D eigenvalue weighted by Gasteiger charge is 2.18. The first-order valence-corrected chi connectivity index (χ1v) is 4.44. The Morgan fingerprint density at radius 3 is 2.31 bits per heavy atom. The third kappa shape index (κ3) is 2.44. The maximum Gasteiger partial charge on any atom is 0.356 e. The van der Waals surface area contributed by atoms with Crippen molar-refractivity contribution in [3.8, 4) is 0 Å². The molecule has 86 valence electrons. The van der Waals surface area contributed by atoms with Gasteiger partial charge in [0.15, 0.2) is 5.69 Å². The largest absolute Gasteiger partial charge is 0.480 e. The predicted molar refractivity (Wildman–Crippen MR) is 54.5 cm³/mol. The van der Waals surface area contributed by atoms with Crippen LogP contribution in [-0.4, -0.2) is 45.2 Å². The van der Waals surface area contributed by atoms with Crippen LogP contribution in [0.2, 0.25) is 0 Å². The van der Waals surface area contributed by atoms with Gasteiger partial charge in [-0.25, -0.2) is 19.6 Å². The van der Waals surface area contributed by atoms with Crippen LogP contribution in [0.15, 0.2) is 12.4 Å². The lowest BCUT2D eigenvalue weighted by atomic mass is 10.3. The molecule has 0 aromatic carbocycles. The molecule has 0 bridgehead atoms. The van der Waals surface area contributed by atoms with E-state index in [-0.39, 0.29) is 5.69 Å². The van der Waals surface area contributed by atoms with E-state index in [4.69, 9.17) is 10.2 Å². The molecule has 1 aromatic rings. The van der Waals surface area contributed by atoms with Crippen molar-refractivity contribution in [1.29, 1.82) is 0 Å². The van der Waals surface area contributed by atoms with Crippen LogP contribution in [0.4, 0.5) is 5.82 Å². The second-order valence-electron chi connectivity index (χ2n) is 3.19. The SMILES string of the molecule is CC(C(=O)O)N(C)c1cnc(C(=O)O)cn1. The average molecular weight is 225 g/mol. The highest BCUT2D eigenvalue weighted by molar-refractivity contribution is 5.85. The van der Waals surface area contributed by atoms with Gasteiger partial charge in [0.05, 0.1) is 12.4 Å². The van der Waals surface area contributed by atoms with Gasteiger partial charge in [0.1, 0.15) is 11.9 Å². The van der Waals surface area contributed by atoms with E-state index in [0.717, 1.165) is 6.20 Å². The number of anilines is 1. The number of carbonyl (C=O) groups is 2. The molecule has 0 aliphatic carbocycles. The fraction of sp³-hybridized carbons (Fsp3) is 0.333. The molecule has 0 spiro atoms. The second kappa shape index (κ2) is 4.56. The number of hydrogen-bond acceptors (Lipinski definition) is 5. The Bertz CT molecular complexity index is 404. The summed E-state index contributed by atoms with van der Waals surface area (Å²) in [5.74, 6) is -1.86. The van der Waals surface area contributed by atoms with Crippen molar-refractivity contribution < 1.29 is 19.8 Å². The van der Waals surface area contributed by atoms with E-state index in [9.17, 15) is 9.59 Å². The summed E-state index contributed by atoms with van der Waals surface area (Å²) in [7, 11) is 1.54. The molecule has 0 fully saturated rings. The first-order valence-electron chi connectivity index (χ1n) is 4.44. The zero-order valence-corrected chi connectivity index (χ0v) is 8.78. The molecule has 16 heavy (non-hydrogen) atoms. The third-order valence-electron chi connectivity index (χ3n) is 2.16. The minimum absolute atomic E-state index is 0.180. The molecule has 0 radical (unpaired) electrons. The van der Waals surface area contributed by atoms with Crippen molar-refractivity contribution in [3.63, 3.8) is 0 Å². The number of aromatic carboxylic acids is 1. The summed E-state index contributed by atoms with van der Waals surface area (Å²) < 4.78 is 0. The molecule has 1 atom stereocenters. The van der Waals surface area contributed by atoms with E-state index in [2.05, 4.69) is 9.97 Å². The van der Waals surface area contributed by atoms with Gasteiger partial charge in [0.25, 0.3) is 0 Å². The molecule has 7 nitrogen and oxygen atoms in total. The Labute approximate surface area is 91.4 Å². The van der Waals surface area contributed by atoms with Crippen LogP contribution < -0.4 is 4.90 Å². The monoisotopic (exact) mass is 225 g/mol. The van der Waals surface area contributed by atoms with Crippen LogP contribution in [-0.2, 0) is 4.79 Å². The average Bonchev–Trinajstić information content (AvgIpc) is 2.27. The van der Waals surface area contributed by atoms with E-state index in [0.29, 0.717) is 5.82 Å². The number of hydrogen-bond donors (Lipinski definition) is 2. The number of aromatic nitrogens is 2. The van der Waals surface area contributed by atoms with E-state index in [1.165, 1.54) is 18.0 Å². The summed E-state index contributed by atoms with van der Waals surface area (Å²) in [5.41, 5.74) is -0.180. The quantitative estimate of drug-likeness (QED) is 0.747. The summed E-state index contributed by atoms with van der Waals surface area (Å²) in [6, 6.07) is -0.759. The Kier molecular flexibility index (Phi) is 3.39. The number of carboxylic acids is 2. The number of carboxylic acid groups (broad SMARTS) is 2. The number of likely N-dealkylation sites (N-methyl/N-ethyl adjacent to an activating group) is 1. The summed E-state index contributed by atoms with van der Waals surface area (Å²) in [6.07, 6.45) is 2.31. The summed E-state index contributed by atoms with van der Waals surface area (Å²) >= 11 is 0. The lowest BCUT2D eigenvalue weighted by Crippen LogP contribution is -2.36. The molecule has 1 heterocycles. The minimum atomic E-state index is -1.17. The Morgan fingerprint density at radius 2 is 1.94 bits per heavy atom. The normalized spacial score (nSPS) is 11.9. The van der Waals surface area contributed by atoms with Crippen molar-refractivity contribution in [1.82, 2.24) is 9.97 Å². The number of nitrogens with zero attached hydrogens (tertiary/aromatic N) is 3. The Hall–Kier alpha value is -2.18. The summed E-state index contributed by atoms with van der Waals surface area (Å²) in [5, 5.41) is 17.4. The zero-order valence-electron chi connectivity index (χ0n) is 8.78. The number of aliphatic carboxylic acids is 1. The van der Waals surface area contributed by atoms with Crippen LogP contribution in [0.25, 0.3) is 0 Å². The molecule has 1 aromatic heterocycles. The molecule has 1 rings (SSSR count). The molecule has 0 amide bonds. The molecule has 7 heteroatoms. The lowest BCUT2D eigenvalue weighted by Gasteiger charge is -2.21. The van der Waals surface area contributed by atoms with Crippen LogP contribution in [0.5, 0.6) is 0 Å². The summed E-state index contributed by atoms with van der Waals surface area (Å²) in [4.78, 5) is 30.1. The van der Waals surface area contributed by atoms with Gasteiger partial charge in [-0.2, -0.15) is 0 Å². The minimum Gasteiger partial charge on any atom is -0.480 e. The lowest BCUT2D eigenvalue weighted by molar-refractivity contribution is -0.138. The van der Waals surface area contributed by atoms with E-state index >= 15 is 0 Å². The molecular formula is C9H11N3O4. The molecule has 1 unspecified atom stereocenters. The molecule has 0 aliphatic heterocycles. The third-order valence-corrected chi connectivity index (χ3v) is 2.16. The Balaban J connectivity index is 2.89. The molecular weight excluding hydrogens is 214 g/mol. The van der Waals surface area contributed by atoms with Gasteiger partial charge in [0.2, 0.25) is 0 Å². The van der Waals surface area contributed by atoms with Crippen molar-refractivity contribution in [2.24, 2.45) is 0 Å². The maximum atomic E-state index is 10.7. The van der Waals surface area contributed by atoms with Gasteiger partial charge in [-0.05, 0) is 6.92 Å². The topological polar surface area (TPSA) is 104 Å². The van der Waals surface area contributed by atoms with Crippen LogP contribution in [0, 0.1) is 0 Å². The van der Waals surface area contributed by atoms with Gasteiger partial charge in [-0.3, -0.25) is 0 Å². The first-order chi connectivity index (χ1) is 7.43. The fourth-order valence-corrected chi connectivity index (χ4v) is 0.978. The first kappa shape index (κ1) is 11.9. The highest BCUT2D eigenvalue weighted by atomic mass is 16.4. The van der Waals surface area contributed by atoms with Crippen molar-refractivity contribution >= 4 is 17.8 Å². The molecule has 2 N–H and O–H groups in total. The summed E-state index contributed by atoms with van der Waals surface area (Å²) in [6.45, 7) is 1.50. The number of rotatable bonds is 4.